The average Bonchev–Trinajstić information content (AvgIpc) is 2.86. The van der Waals surface area contributed by atoms with Gasteiger partial charge in [-0.2, -0.15) is 0 Å². The smallest absolute Gasteiger partial charge is 0.306 e. The zero-order chi connectivity index (χ0) is 24.2. The highest BCUT2D eigenvalue weighted by atomic mass is 16.6. The molecule has 3 rings (SSSR count). The van der Waals surface area contributed by atoms with Crippen molar-refractivity contribution in [1.29, 1.82) is 0 Å². The van der Waals surface area contributed by atoms with Crippen LogP contribution >= 0.6 is 0 Å². The molecule has 0 radical (unpaired) electrons. The van der Waals surface area contributed by atoms with Crippen LogP contribution in [0.15, 0.2) is 79.1 Å². The summed E-state index contributed by atoms with van der Waals surface area (Å²) in [5, 5.41) is 10.2. The van der Waals surface area contributed by atoms with Crippen molar-refractivity contribution < 1.29 is 28.9 Å². The maximum atomic E-state index is 11.5. The summed E-state index contributed by atoms with van der Waals surface area (Å²) in [6.45, 7) is 2.45. The molecule has 34 heavy (non-hydrogen) atoms. The molecule has 178 valence electrons. The molecule has 0 aliphatic rings. The highest BCUT2D eigenvalue weighted by Gasteiger charge is 2.08. The van der Waals surface area contributed by atoms with Gasteiger partial charge < -0.3 is 19.3 Å². The summed E-state index contributed by atoms with van der Waals surface area (Å²) in [5.74, 6) is 1.02. The van der Waals surface area contributed by atoms with E-state index in [0.717, 1.165) is 11.1 Å². The van der Waals surface area contributed by atoms with E-state index in [0.29, 0.717) is 42.4 Å². The molecule has 0 aliphatic heterocycles. The maximum Gasteiger partial charge on any atom is 0.306 e. The number of aromatic hydroxyl groups is 1. The van der Waals surface area contributed by atoms with Crippen LogP contribution in [0, 0.1) is 0 Å². The van der Waals surface area contributed by atoms with E-state index >= 15 is 0 Å². The van der Waals surface area contributed by atoms with E-state index in [1.54, 1.807) is 38.5 Å². The first-order chi connectivity index (χ1) is 16.6. The van der Waals surface area contributed by atoms with Crippen molar-refractivity contribution in [1.82, 2.24) is 5.48 Å². The number of nitrogens with one attached hydrogen (secondary N) is 1. The van der Waals surface area contributed by atoms with E-state index < -0.39 is 0 Å². The molecule has 0 fully saturated rings. The molecular formula is C27H29NO6. The van der Waals surface area contributed by atoms with Crippen LogP contribution in [-0.2, 0) is 27.4 Å². The third kappa shape index (κ3) is 7.56. The Morgan fingerprint density at radius 2 is 1.74 bits per heavy atom. The monoisotopic (exact) mass is 463 g/mol. The highest BCUT2D eigenvalue weighted by Crippen LogP contribution is 2.26. The lowest BCUT2D eigenvalue weighted by atomic mass is 10.1. The van der Waals surface area contributed by atoms with Gasteiger partial charge in [0.05, 0.1) is 13.7 Å². The Balaban J connectivity index is 1.53. The van der Waals surface area contributed by atoms with Gasteiger partial charge in [-0.1, -0.05) is 48.5 Å². The first kappa shape index (κ1) is 24.7. The Kier molecular flexibility index (Phi) is 9.37. The van der Waals surface area contributed by atoms with Crippen LogP contribution in [0.3, 0.4) is 0 Å². The predicted octanol–water partition coefficient (Wildman–Crippen LogP) is 5.00. The number of carbonyl (C=O) groups is 1. The van der Waals surface area contributed by atoms with Crippen molar-refractivity contribution in [2.75, 3.05) is 13.7 Å². The van der Waals surface area contributed by atoms with E-state index in [9.17, 15) is 9.90 Å². The molecule has 7 heteroatoms. The van der Waals surface area contributed by atoms with Crippen LogP contribution in [-0.4, -0.2) is 24.8 Å². The molecule has 0 atom stereocenters. The molecule has 0 spiro atoms. The standard InChI is InChI=1S/C27H29NO6/c1-3-32-27(30)16-12-22-11-15-24(17-26(22)29)33-18-20-9-13-23(14-10-20)34-19-25(28-31-2)21-7-5-4-6-8-21/h4-11,13-15,17,19,28-29H,3,12,16,18H2,1-2H3. The lowest BCUT2D eigenvalue weighted by molar-refractivity contribution is -0.143. The number of ether oxygens (including phenoxy) is 3. The number of rotatable bonds is 12. The Hall–Kier alpha value is -3.97. The molecule has 0 amide bonds. The van der Waals surface area contributed by atoms with Gasteiger partial charge in [-0.25, -0.2) is 0 Å². The van der Waals surface area contributed by atoms with Gasteiger partial charge in [-0.05, 0) is 42.7 Å². The van der Waals surface area contributed by atoms with Crippen LogP contribution in [0.4, 0.5) is 0 Å². The minimum absolute atomic E-state index is 0.0937. The lowest BCUT2D eigenvalue weighted by Crippen LogP contribution is -2.11. The summed E-state index contributed by atoms with van der Waals surface area (Å²) in [6.07, 6.45) is 2.23. The van der Waals surface area contributed by atoms with Crippen molar-refractivity contribution in [3.05, 3.63) is 95.7 Å². The first-order valence-electron chi connectivity index (χ1n) is 11.0. The molecular weight excluding hydrogens is 434 g/mol. The number of benzene rings is 3. The van der Waals surface area contributed by atoms with Gasteiger partial charge in [0.15, 0.2) is 0 Å². The third-order valence-electron chi connectivity index (χ3n) is 4.90. The second kappa shape index (κ2) is 12.9. The van der Waals surface area contributed by atoms with Gasteiger partial charge in [-0.15, -0.1) is 0 Å². The topological polar surface area (TPSA) is 86.3 Å². The summed E-state index contributed by atoms with van der Waals surface area (Å²) in [4.78, 5) is 16.5. The number of phenolic OH excluding ortho intramolecular Hbond substituents is 1. The zero-order valence-corrected chi connectivity index (χ0v) is 19.3. The van der Waals surface area contributed by atoms with Crippen molar-refractivity contribution in [2.24, 2.45) is 0 Å². The number of hydrogen-bond acceptors (Lipinski definition) is 7. The molecule has 0 unspecified atom stereocenters. The lowest BCUT2D eigenvalue weighted by Gasteiger charge is -2.11. The number of phenols is 1. The largest absolute Gasteiger partial charge is 0.508 e. The van der Waals surface area contributed by atoms with E-state index in [4.69, 9.17) is 19.0 Å². The minimum atomic E-state index is -0.281. The average molecular weight is 464 g/mol. The predicted molar refractivity (Wildman–Crippen MR) is 129 cm³/mol. The summed E-state index contributed by atoms with van der Waals surface area (Å²) >= 11 is 0. The van der Waals surface area contributed by atoms with Crippen LogP contribution in [0.5, 0.6) is 17.2 Å². The summed E-state index contributed by atoms with van der Waals surface area (Å²) < 4.78 is 16.5. The molecule has 0 bridgehead atoms. The summed E-state index contributed by atoms with van der Waals surface area (Å²) in [6, 6.07) is 22.3. The second-order valence-corrected chi connectivity index (χ2v) is 7.35. The maximum absolute atomic E-state index is 11.5. The molecule has 3 aromatic carbocycles. The highest BCUT2D eigenvalue weighted by molar-refractivity contribution is 5.69. The van der Waals surface area contributed by atoms with Gasteiger partial charge >= 0.3 is 5.97 Å². The fourth-order valence-electron chi connectivity index (χ4n) is 3.15. The van der Waals surface area contributed by atoms with Crippen LogP contribution in [0.1, 0.15) is 30.0 Å². The first-order valence-corrected chi connectivity index (χ1v) is 11.0. The Morgan fingerprint density at radius 1 is 1.00 bits per heavy atom. The zero-order valence-electron chi connectivity index (χ0n) is 19.3. The van der Waals surface area contributed by atoms with E-state index in [-0.39, 0.29) is 18.1 Å². The van der Waals surface area contributed by atoms with Crippen LogP contribution in [0.2, 0.25) is 0 Å². The fourth-order valence-corrected chi connectivity index (χ4v) is 3.15. The molecule has 2 N–H and O–H groups in total. The Labute approximate surface area is 199 Å². The van der Waals surface area contributed by atoms with Gasteiger partial charge in [0, 0.05) is 18.1 Å². The molecule has 0 saturated carbocycles. The third-order valence-corrected chi connectivity index (χ3v) is 4.90. The van der Waals surface area contributed by atoms with Crippen molar-refractivity contribution in [3.63, 3.8) is 0 Å². The van der Waals surface area contributed by atoms with Crippen molar-refractivity contribution in [2.45, 2.75) is 26.4 Å². The van der Waals surface area contributed by atoms with Gasteiger partial charge in [0.1, 0.15) is 35.8 Å². The molecule has 0 aromatic heterocycles. The Bertz CT molecular complexity index is 1080. The van der Waals surface area contributed by atoms with Gasteiger partial charge in [0.25, 0.3) is 0 Å². The molecule has 0 heterocycles. The SMILES string of the molecule is CCOC(=O)CCc1ccc(OCc2ccc(OC=C(NOC)c3ccccc3)cc2)cc1O. The fraction of sp³-hybridized carbons (Fsp3) is 0.222. The molecule has 0 saturated heterocycles. The quantitative estimate of drug-likeness (QED) is 0.222. The Morgan fingerprint density at radius 3 is 2.41 bits per heavy atom. The van der Waals surface area contributed by atoms with Crippen molar-refractivity contribution in [3.8, 4) is 17.2 Å². The number of aryl methyl sites for hydroxylation is 1. The van der Waals surface area contributed by atoms with E-state index in [1.165, 1.54) is 0 Å². The van der Waals surface area contributed by atoms with Gasteiger partial charge in [-0.3, -0.25) is 15.1 Å². The van der Waals surface area contributed by atoms with E-state index in [1.807, 2.05) is 54.6 Å². The van der Waals surface area contributed by atoms with Crippen LogP contribution < -0.4 is 15.0 Å². The number of hydrogen-bond donors (Lipinski definition) is 2. The van der Waals surface area contributed by atoms with E-state index in [2.05, 4.69) is 5.48 Å². The molecule has 3 aromatic rings. The van der Waals surface area contributed by atoms with Crippen LogP contribution in [0.25, 0.3) is 5.70 Å². The summed E-state index contributed by atoms with van der Waals surface area (Å²) in [5.41, 5.74) is 6.07. The number of hydroxylamine groups is 1. The van der Waals surface area contributed by atoms with Crippen molar-refractivity contribution >= 4 is 11.7 Å². The molecule has 0 aliphatic carbocycles. The number of esters is 1. The second-order valence-electron chi connectivity index (χ2n) is 7.35. The minimum Gasteiger partial charge on any atom is -0.508 e. The molecule has 7 nitrogen and oxygen atoms in total. The number of carbonyl (C=O) groups excluding carboxylic acids is 1. The normalized spacial score (nSPS) is 11.1. The van der Waals surface area contributed by atoms with Gasteiger partial charge in [0.2, 0.25) is 0 Å². The summed E-state index contributed by atoms with van der Waals surface area (Å²) in [7, 11) is 1.54.